The number of hydrogen-bond donors (Lipinski definition) is 0. The Balaban J connectivity index is 1.38. The molecule has 3 heterocycles. The van der Waals surface area contributed by atoms with Crippen LogP contribution in [0.2, 0.25) is 0 Å². The van der Waals surface area contributed by atoms with E-state index in [9.17, 15) is 9.59 Å². The molecule has 1 aliphatic heterocycles. The number of aromatic nitrogens is 4. The average Bonchev–Trinajstić information content (AvgIpc) is 3.06. The lowest BCUT2D eigenvalue weighted by Crippen LogP contribution is -2.53. The summed E-state index contributed by atoms with van der Waals surface area (Å²) in [4.78, 5) is 27.0. The Morgan fingerprint density at radius 2 is 1.66 bits per heavy atom. The minimum absolute atomic E-state index is 0.120. The summed E-state index contributed by atoms with van der Waals surface area (Å²) in [5.41, 5.74) is 2.89. The molecule has 4 aromatic rings. The van der Waals surface area contributed by atoms with Gasteiger partial charge in [0.05, 0.1) is 17.3 Å². The van der Waals surface area contributed by atoms with Crippen molar-refractivity contribution >= 4 is 16.8 Å². The number of para-hydroxylation sites is 1. The van der Waals surface area contributed by atoms with Crippen LogP contribution in [0.15, 0.2) is 71.5 Å². The lowest BCUT2D eigenvalue weighted by molar-refractivity contribution is 0.0488. The van der Waals surface area contributed by atoms with Crippen molar-refractivity contribution in [2.45, 2.75) is 6.04 Å². The van der Waals surface area contributed by atoms with Gasteiger partial charge in [0.15, 0.2) is 5.69 Å². The number of rotatable bonds is 3. The Bertz CT molecular complexity index is 1270. The Hall–Kier alpha value is -3.74. The van der Waals surface area contributed by atoms with Crippen LogP contribution >= 0.6 is 0 Å². The average molecular weight is 385 g/mol. The minimum Gasteiger partial charge on any atom is -0.333 e. The highest BCUT2D eigenvalue weighted by Gasteiger charge is 2.35. The second-order valence-corrected chi connectivity index (χ2v) is 7.22. The van der Waals surface area contributed by atoms with E-state index >= 15 is 0 Å². The third-order valence-electron chi connectivity index (χ3n) is 5.35. The fraction of sp³-hybridized carbons (Fsp3) is 0.182. The number of amides is 1. The van der Waals surface area contributed by atoms with Gasteiger partial charge in [-0.25, -0.2) is 4.68 Å². The van der Waals surface area contributed by atoms with Gasteiger partial charge in [-0.15, -0.1) is 0 Å². The van der Waals surface area contributed by atoms with E-state index in [0.717, 1.165) is 22.2 Å². The highest BCUT2D eigenvalue weighted by Crippen LogP contribution is 2.25. The van der Waals surface area contributed by atoms with Crippen LogP contribution in [0.4, 0.5) is 0 Å². The van der Waals surface area contributed by atoms with E-state index in [2.05, 4.69) is 10.2 Å². The van der Waals surface area contributed by atoms with Gasteiger partial charge in [0.1, 0.15) is 0 Å². The molecule has 0 atom stereocenters. The first-order valence-electron chi connectivity index (χ1n) is 9.48. The zero-order valence-corrected chi connectivity index (χ0v) is 15.9. The van der Waals surface area contributed by atoms with Gasteiger partial charge in [-0.1, -0.05) is 48.5 Å². The topological polar surface area (TPSA) is 73.0 Å². The van der Waals surface area contributed by atoms with Crippen LogP contribution in [-0.2, 0) is 7.05 Å². The number of benzene rings is 2. The molecular weight excluding hydrogens is 366 g/mol. The first-order valence-corrected chi connectivity index (χ1v) is 9.48. The van der Waals surface area contributed by atoms with E-state index in [1.54, 1.807) is 15.6 Å². The summed E-state index contributed by atoms with van der Waals surface area (Å²) >= 11 is 0. The molecule has 144 valence electrons. The van der Waals surface area contributed by atoms with Crippen LogP contribution in [0, 0.1) is 0 Å². The third kappa shape index (κ3) is 2.91. The van der Waals surface area contributed by atoms with Gasteiger partial charge in [-0.2, -0.15) is 10.2 Å². The molecule has 0 N–H and O–H groups in total. The van der Waals surface area contributed by atoms with Gasteiger partial charge >= 0.3 is 0 Å². The predicted octanol–water partition coefficient (Wildman–Crippen LogP) is 2.49. The van der Waals surface area contributed by atoms with Crippen LogP contribution < -0.4 is 5.56 Å². The summed E-state index contributed by atoms with van der Waals surface area (Å²) in [5.74, 6) is -0.120. The van der Waals surface area contributed by atoms with E-state index in [0.29, 0.717) is 18.8 Å². The fourth-order valence-electron chi connectivity index (χ4n) is 3.75. The van der Waals surface area contributed by atoms with Crippen LogP contribution in [0.5, 0.6) is 0 Å². The van der Waals surface area contributed by atoms with Gasteiger partial charge in [0.2, 0.25) is 0 Å². The van der Waals surface area contributed by atoms with E-state index in [1.165, 1.54) is 10.7 Å². The molecule has 0 aliphatic carbocycles. The molecule has 2 aromatic heterocycles. The van der Waals surface area contributed by atoms with Crippen LogP contribution in [0.25, 0.3) is 22.2 Å². The maximum absolute atomic E-state index is 12.9. The summed E-state index contributed by atoms with van der Waals surface area (Å²) in [6.07, 6.45) is 0. The Labute approximate surface area is 166 Å². The van der Waals surface area contributed by atoms with Crippen LogP contribution in [0.3, 0.4) is 0 Å². The van der Waals surface area contributed by atoms with Crippen molar-refractivity contribution in [3.8, 4) is 11.3 Å². The van der Waals surface area contributed by atoms with Crippen LogP contribution in [0.1, 0.15) is 16.5 Å². The quantitative estimate of drug-likeness (QED) is 0.543. The molecule has 0 saturated carbocycles. The van der Waals surface area contributed by atoms with Crippen molar-refractivity contribution in [3.05, 3.63) is 82.8 Å². The maximum Gasteiger partial charge on any atom is 0.275 e. The first kappa shape index (κ1) is 17.4. The molecule has 0 unspecified atom stereocenters. The molecule has 0 bridgehead atoms. The maximum atomic E-state index is 12.9. The number of carbonyl (C=O) groups is 1. The second-order valence-electron chi connectivity index (χ2n) is 7.22. The van der Waals surface area contributed by atoms with E-state index in [-0.39, 0.29) is 17.5 Å². The monoisotopic (exact) mass is 385 g/mol. The summed E-state index contributed by atoms with van der Waals surface area (Å²) in [5, 5.41) is 9.77. The molecular formula is C22H19N5O2. The van der Waals surface area contributed by atoms with Gasteiger partial charge < -0.3 is 4.90 Å². The highest BCUT2D eigenvalue weighted by molar-refractivity contribution is 6.05. The molecule has 1 aliphatic rings. The molecule has 5 rings (SSSR count). The number of likely N-dealkylation sites (tertiary alicyclic amines) is 1. The minimum atomic E-state index is -0.162. The highest BCUT2D eigenvalue weighted by atomic mass is 16.2. The van der Waals surface area contributed by atoms with Gasteiger partial charge in [-0.05, 0) is 12.1 Å². The predicted molar refractivity (Wildman–Crippen MR) is 110 cm³/mol. The SMILES string of the molecule is Cn1nc(C(=O)N2CC(n3nc(-c4ccccc4)ccc3=O)C2)c2ccccc21. The van der Waals surface area contributed by atoms with Gasteiger partial charge in [0, 0.05) is 37.2 Å². The Kier molecular flexibility index (Phi) is 4.01. The molecule has 1 fully saturated rings. The molecule has 1 saturated heterocycles. The summed E-state index contributed by atoms with van der Waals surface area (Å²) in [7, 11) is 1.83. The smallest absolute Gasteiger partial charge is 0.275 e. The van der Waals surface area contributed by atoms with Crippen molar-refractivity contribution in [2.24, 2.45) is 7.05 Å². The Morgan fingerprint density at radius 3 is 2.45 bits per heavy atom. The normalized spacial score (nSPS) is 14.2. The molecule has 7 heteroatoms. The number of carbonyl (C=O) groups excluding carboxylic acids is 1. The van der Waals surface area contributed by atoms with Crippen molar-refractivity contribution in [2.75, 3.05) is 13.1 Å². The number of nitrogens with zero attached hydrogens (tertiary/aromatic N) is 5. The molecule has 0 radical (unpaired) electrons. The molecule has 29 heavy (non-hydrogen) atoms. The third-order valence-corrected chi connectivity index (χ3v) is 5.35. The first-order chi connectivity index (χ1) is 14.1. The summed E-state index contributed by atoms with van der Waals surface area (Å²) in [6.45, 7) is 0.879. The molecule has 7 nitrogen and oxygen atoms in total. The molecule has 2 aromatic carbocycles. The van der Waals surface area contributed by atoms with Crippen molar-refractivity contribution in [1.82, 2.24) is 24.5 Å². The van der Waals surface area contributed by atoms with Crippen molar-refractivity contribution < 1.29 is 4.79 Å². The Morgan fingerprint density at radius 1 is 0.931 bits per heavy atom. The lowest BCUT2D eigenvalue weighted by atomic mass is 10.1. The van der Waals surface area contributed by atoms with Gasteiger partial charge in [-0.3, -0.25) is 14.3 Å². The summed E-state index contributed by atoms with van der Waals surface area (Å²) in [6, 6.07) is 20.5. The number of fused-ring (bicyclic) bond motifs is 1. The largest absolute Gasteiger partial charge is 0.333 e. The van der Waals surface area contributed by atoms with E-state index in [1.807, 2.05) is 61.6 Å². The van der Waals surface area contributed by atoms with E-state index in [4.69, 9.17) is 0 Å². The summed E-state index contributed by atoms with van der Waals surface area (Å²) < 4.78 is 3.21. The standard InChI is InChI=1S/C22H19N5O2/c1-25-19-10-6-5-9-17(19)21(24-25)22(29)26-13-16(14-26)27-20(28)12-11-18(23-27)15-7-3-2-4-8-15/h2-12,16H,13-14H2,1H3. The van der Waals surface area contributed by atoms with Crippen molar-refractivity contribution in [3.63, 3.8) is 0 Å². The number of aryl methyl sites for hydroxylation is 1. The zero-order chi connectivity index (χ0) is 20.0. The van der Waals surface area contributed by atoms with Crippen LogP contribution in [-0.4, -0.2) is 43.5 Å². The lowest BCUT2D eigenvalue weighted by Gasteiger charge is -2.38. The van der Waals surface area contributed by atoms with Gasteiger partial charge in [0.25, 0.3) is 11.5 Å². The molecule has 0 spiro atoms. The fourth-order valence-corrected chi connectivity index (χ4v) is 3.75. The second kappa shape index (κ2) is 6.70. The van der Waals surface area contributed by atoms with E-state index < -0.39 is 0 Å². The van der Waals surface area contributed by atoms with Crippen molar-refractivity contribution in [1.29, 1.82) is 0 Å². The number of hydrogen-bond acceptors (Lipinski definition) is 4. The zero-order valence-electron chi connectivity index (χ0n) is 15.9. The molecule has 1 amide bonds.